The first kappa shape index (κ1) is 13.8. The Morgan fingerprint density at radius 1 is 1.00 bits per heavy atom. The lowest BCUT2D eigenvalue weighted by Gasteiger charge is -2.23. The van der Waals surface area contributed by atoms with Gasteiger partial charge in [-0.25, -0.2) is 0 Å². The van der Waals surface area contributed by atoms with Crippen LogP contribution >= 0.6 is 0 Å². The average molecular weight is 210 g/mol. The van der Waals surface area contributed by atoms with E-state index in [2.05, 4.69) is 0 Å². The van der Waals surface area contributed by atoms with Crippen LogP contribution in [0.15, 0.2) is 24.3 Å². The Hall–Kier alpha value is -1.18. The van der Waals surface area contributed by atoms with E-state index in [0.29, 0.717) is 6.61 Å². The highest BCUT2D eigenvalue weighted by molar-refractivity contribution is 5.40. The van der Waals surface area contributed by atoms with Crippen molar-refractivity contribution >= 4 is 0 Å². The Kier molecular flexibility index (Phi) is 7.51. The van der Waals surface area contributed by atoms with Gasteiger partial charge in [0.25, 0.3) is 0 Å². The van der Waals surface area contributed by atoms with Crippen molar-refractivity contribution < 1.29 is 9.47 Å². The number of hydrogen-bond donors (Lipinski definition) is 0. The van der Waals surface area contributed by atoms with Crippen molar-refractivity contribution in [3.8, 4) is 11.5 Å². The van der Waals surface area contributed by atoms with Crippen molar-refractivity contribution in [3.05, 3.63) is 24.3 Å². The van der Waals surface area contributed by atoms with Gasteiger partial charge in [-0.2, -0.15) is 0 Å². The molecule has 2 heteroatoms. The van der Waals surface area contributed by atoms with Gasteiger partial charge in [0.2, 0.25) is 0 Å². The summed E-state index contributed by atoms with van der Waals surface area (Å²) < 4.78 is 10.9. The van der Waals surface area contributed by atoms with Crippen molar-refractivity contribution in [2.75, 3.05) is 6.61 Å². The maximum Gasteiger partial charge on any atom is 0.161 e. The second-order valence-electron chi connectivity index (χ2n) is 2.69. The normalized spacial score (nSPS) is 16.5. The second-order valence-corrected chi connectivity index (χ2v) is 2.69. The summed E-state index contributed by atoms with van der Waals surface area (Å²) in [6.45, 7) is 10.6. The van der Waals surface area contributed by atoms with Gasteiger partial charge in [0, 0.05) is 0 Å². The third-order valence-corrected chi connectivity index (χ3v) is 1.65. The van der Waals surface area contributed by atoms with Gasteiger partial charge in [0.15, 0.2) is 11.5 Å². The molecule has 1 unspecified atom stereocenters. The van der Waals surface area contributed by atoms with Crippen LogP contribution in [0.2, 0.25) is 0 Å². The molecule has 15 heavy (non-hydrogen) atoms. The van der Waals surface area contributed by atoms with Crippen LogP contribution in [0, 0.1) is 0 Å². The Balaban J connectivity index is 0.000000442. The number of benzene rings is 1. The van der Waals surface area contributed by atoms with Crippen molar-refractivity contribution in [1.82, 2.24) is 0 Å². The third kappa shape index (κ3) is 4.24. The second kappa shape index (κ2) is 8.16. The molecule has 2 rings (SSSR count). The van der Waals surface area contributed by atoms with Crippen molar-refractivity contribution in [2.24, 2.45) is 0 Å². The van der Waals surface area contributed by atoms with E-state index in [1.807, 2.05) is 58.9 Å². The monoisotopic (exact) mass is 210 g/mol. The van der Waals surface area contributed by atoms with Crippen LogP contribution in [0.1, 0.15) is 34.6 Å². The fraction of sp³-hybridized carbons (Fsp3) is 0.538. The van der Waals surface area contributed by atoms with E-state index in [9.17, 15) is 0 Å². The lowest BCUT2D eigenvalue weighted by atomic mass is 10.3. The Labute approximate surface area is 93.2 Å². The highest BCUT2D eigenvalue weighted by Gasteiger charge is 2.15. The Bertz CT molecular complexity index is 258. The van der Waals surface area contributed by atoms with Crippen LogP contribution in [-0.4, -0.2) is 12.7 Å². The van der Waals surface area contributed by atoms with Crippen LogP contribution in [0.3, 0.4) is 0 Å². The zero-order valence-electron chi connectivity index (χ0n) is 10.4. The maximum atomic E-state index is 5.51. The molecule has 86 valence electrons. The lowest BCUT2D eigenvalue weighted by Crippen LogP contribution is -2.25. The average Bonchev–Trinajstić information content (AvgIpc) is 2.34. The van der Waals surface area contributed by atoms with Gasteiger partial charge in [-0.1, -0.05) is 39.8 Å². The molecule has 0 aliphatic carbocycles. The summed E-state index contributed by atoms with van der Waals surface area (Å²) in [5, 5.41) is 0. The molecule has 0 saturated heterocycles. The van der Waals surface area contributed by atoms with Gasteiger partial charge < -0.3 is 9.47 Å². The van der Waals surface area contributed by atoms with E-state index < -0.39 is 0 Å². The van der Waals surface area contributed by atoms with E-state index in [1.165, 1.54) is 0 Å². The molecule has 1 heterocycles. The number of para-hydroxylation sites is 2. The number of fused-ring (bicyclic) bond motifs is 1. The molecule has 0 amide bonds. The first-order valence-electron chi connectivity index (χ1n) is 5.75. The summed E-state index contributed by atoms with van der Waals surface area (Å²) in [6, 6.07) is 7.73. The van der Waals surface area contributed by atoms with Crippen LogP contribution in [-0.2, 0) is 0 Å². The summed E-state index contributed by atoms with van der Waals surface area (Å²) in [5.41, 5.74) is 0. The number of hydrogen-bond acceptors (Lipinski definition) is 2. The molecule has 1 aliphatic heterocycles. The molecule has 1 atom stereocenters. The predicted molar refractivity (Wildman–Crippen MR) is 64.7 cm³/mol. The first-order valence-corrected chi connectivity index (χ1v) is 5.75. The van der Waals surface area contributed by atoms with Crippen molar-refractivity contribution in [2.45, 2.75) is 40.7 Å². The van der Waals surface area contributed by atoms with Gasteiger partial charge in [-0.3, -0.25) is 0 Å². The molecule has 0 bridgehead atoms. The lowest BCUT2D eigenvalue weighted by molar-refractivity contribution is 0.104. The summed E-state index contributed by atoms with van der Waals surface area (Å²) in [4.78, 5) is 0. The van der Waals surface area contributed by atoms with Gasteiger partial charge >= 0.3 is 0 Å². The van der Waals surface area contributed by atoms with Gasteiger partial charge in [-0.05, 0) is 19.1 Å². The standard InChI is InChI=1S/C9H10O2.2C2H6/c1-7-6-10-8-4-2-3-5-9(8)11-7;2*1-2/h2-5,7H,6H2,1H3;2*1-2H3. The molecule has 0 radical (unpaired) electrons. The summed E-state index contributed by atoms with van der Waals surface area (Å²) in [7, 11) is 0. The van der Waals surface area contributed by atoms with Crippen LogP contribution in [0.5, 0.6) is 11.5 Å². The zero-order chi connectivity index (χ0) is 11.7. The van der Waals surface area contributed by atoms with Gasteiger partial charge in [0.05, 0.1) is 0 Å². The van der Waals surface area contributed by atoms with E-state index in [4.69, 9.17) is 9.47 Å². The van der Waals surface area contributed by atoms with E-state index in [1.54, 1.807) is 0 Å². The fourth-order valence-electron chi connectivity index (χ4n) is 1.12. The summed E-state index contributed by atoms with van der Waals surface area (Å²) in [5.74, 6) is 1.71. The predicted octanol–water partition coefficient (Wildman–Crippen LogP) is 3.90. The molecule has 1 aliphatic rings. The molecule has 0 aromatic heterocycles. The Morgan fingerprint density at radius 2 is 1.53 bits per heavy atom. The van der Waals surface area contributed by atoms with E-state index in [-0.39, 0.29) is 6.10 Å². The maximum absolute atomic E-state index is 5.51. The zero-order valence-corrected chi connectivity index (χ0v) is 10.4. The number of ether oxygens (including phenoxy) is 2. The third-order valence-electron chi connectivity index (χ3n) is 1.65. The quantitative estimate of drug-likeness (QED) is 0.646. The fourth-order valence-corrected chi connectivity index (χ4v) is 1.12. The smallest absolute Gasteiger partial charge is 0.161 e. The summed E-state index contributed by atoms with van der Waals surface area (Å²) in [6.07, 6.45) is 0.171. The molecule has 0 fully saturated rings. The van der Waals surface area contributed by atoms with Crippen LogP contribution in [0.4, 0.5) is 0 Å². The minimum absolute atomic E-state index is 0.171. The molecule has 2 nitrogen and oxygen atoms in total. The highest BCUT2D eigenvalue weighted by atomic mass is 16.6. The van der Waals surface area contributed by atoms with Crippen molar-refractivity contribution in [3.63, 3.8) is 0 Å². The van der Waals surface area contributed by atoms with Crippen LogP contribution < -0.4 is 9.47 Å². The molecule has 1 aromatic rings. The Morgan fingerprint density at radius 3 is 2.13 bits per heavy atom. The number of rotatable bonds is 0. The summed E-state index contributed by atoms with van der Waals surface area (Å²) >= 11 is 0. The minimum Gasteiger partial charge on any atom is -0.486 e. The van der Waals surface area contributed by atoms with E-state index >= 15 is 0 Å². The molecule has 0 N–H and O–H groups in total. The van der Waals surface area contributed by atoms with Gasteiger partial charge in [-0.15, -0.1) is 0 Å². The minimum atomic E-state index is 0.171. The SMILES string of the molecule is CC.CC.CC1COc2ccccc2O1. The molecular formula is C13H22O2. The molecule has 0 saturated carbocycles. The van der Waals surface area contributed by atoms with Gasteiger partial charge in [0.1, 0.15) is 12.7 Å². The topological polar surface area (TPSA) is 18.5 Å². The molecule has 0 spiro atoms. The van der Waals surface area contributed by atoms with Crippen molar-refractivity contribution in [1.29, 1.82) is 0 Å². The molecular weight excluding hydrogens is 188 g/mol. The first-order chi connectivity index (χ1) is 7.36. The van der Waals surface area contributed by atoms with Crippen LogP contribution in [0.25, 0.3) is 0 Å². The molecule has 1 aromatic carbocycles. The van der Waals surface area contributed by atoms with E-state index in [0.717, 1.165) is 11.5 Å². The largest absolute Gasteiger partial charge is 0.486 e. The highest BCUT2D eigenvalue weighted by Crippen LogP contribution is 2.30.